The Morgan fingerprint density at radius 1 is 1.43 bits per heavy atom. The molecule has 1 heterocycles. The van der Waals surface area contributed by atoms with Crippen LogP contribution in [-0.4, -0.2) is 30.3 Å². The molecule has 0 spiro atoms. The number of halogens is 1. The summed E-state index contributed by atoms with van der Waals surface area (Å²) in [6.45, 7) is 4.19. The van der Waals surface area contributed by atoms with Gasteiger partial charge in [0.25, 0.3) is 0 Å². The highest BCUT2D eigenvalue weighted by Crippen LogP contribution is 2.31. The van der Waals surface area contributed by atoms with Gasteiger partial charge in [0.15, 0.2) is 0 Å². The summed E-state index contributed by atoms with van der Waals surface area (Å²) in [7, 11) is 3.52. The van der Waals surface area contributed by atoms with Crippen LogP contribution >= 0.6 is 11.6 Å². The van der Waals surface area contributed by atoms with Gasteiger partial charge in [-0.15, -0.1) is 0 Å². The number of benzene rings is 1. The van der Waals surface area contributed by atoms with Gasteiger partial charge >= 0.3 is 0 Å². The zero-order valence-corrected chi connectivity index (χ0v) is 13.4. The molecule has 1 N–H and O–H groups in total. The van der Waals surface area contributed by atoms with Gasteiger partial charge in [-0.25, -0.2) is 0 Å². The second-order valence-electron chi connectivity index (χ2n) is 4.89. The minimum atomic E-state index is 0.138. The number of nitrogens with one attached hydrogen (secondary N) is 1. The van der Waals surface area contributed by atoms with E-state index in [4.69, 9.17) is 20.9 Å². The molecule has 0 bridgehead atoms. The molecule has 2 atom stereocenters. The molecule has 21 heavy (non-hydrogen) atoms. The average molecular weight is 310 g/mol. The first kappa shape index (κ1) is 15.8. The molecule has 0 amide bonds. The summed E-state index contributed by atoms with van der Waals surface area (Å²) < 4.78 is 10.7. The second kappa shape index (κ2) is 6.91. The molecule has 2 rings (SSSR count). The van der Waals surface area contributed by atoms with Crippen molar-refractivity contribution in [1.29, 1.82) is 0 Å². The molecular formula is C15H20ClN3O2. The Morgan fingerprint density at radius 2 is 2.19 bits per heavy atom. The van der Waals surface area contributed by atoms with E-state index in [2.05, 4.69) is 29.3 Å². The van der Waals surface area contributed by atoms with Gasteiger partial charge in [0.05, 0.1) is 18.6 Å². The third-order valence-corrected chi connectivity index (χ3v) is 3.89. The van der Waals surface area contributed by atoms with Crippen molar-refractivity contribution in [3.8, 4) is 17.1 Å². The number of aromatic nitrogens is 2. The molecule has 0 aliphatic heterocycles. The van der Waals surface area contributed by atoms with E-state index in [0.29, 0.717) is 28.5 Å². The van der Waals surface area contributed by atoms with Gasteiger partial charge in [-0.2, -0.15) is 4.98 Å². The van der Waals surface area contributed by atoms with Crippen LogP contribution < -0.4 is 10.1 Å². The van der Waals surface area contributed by atoms with Crippen molar-refractivity contribution in [1.82, 2.24) is 15.5 Å². The molecule has 0 aliphatic rings. The summed E-state index contributed by atoms with van der Waals surface area (Å²) in [6.07, 6.45) is 0.986. The number of likely N-dealkylation sites (N-methyl/N-ethyl adjacent to an activating group) is 1. The Labute approximate surface area is 129 Å². The summed E-state index contributed by atoms with van der Waals surface area (Å²) in [5.41, 5.74) is 0.765. The van der Waals surface area contributed by atoms with Crippen LogP contribution in [0.15, 0.2) is 22.7 Å². The van der Waals surface area contributed by atoms with Gasteiger partial charge in [-0.3, -0.25) is 0 Å². The molecule has 0 radical (unpaired) electrons. The number of rotatable bonds is 6. The normalized spacial score (nSPS) is 14.0. The smallest absolute Gasteiger partial charge is 0.231 e. The van der Waals surface area contributed by atoms with Crippen LogP contribution in [0.4, 0.5) is 0 Å². The highest BCUT2D eigenvalue weighted by molar-refractivity contribution is 6.30. The fourth-order valence-corrected chi connectivity index (χ4v) is 2.52. The minimum Gasteiger partial charge on any atom is -0.496 e. The van der Waals surface area contributed by atoms with Crippen molar-refractivity contribution in [2.45, 2.75) is 32.2 Å². The van der Waals surface area contributed by atoms with E-state index < -0.39 is 0 Å². The van der Waals surface area contributed by atoms with Crippen LogP contribution in [0, 0.1) is 0 Å². The summed E-state index contributed by atoms with van der Waals surface area (Å²) in [5, 5.41) is 7.92. The number of hydrogen-bond donors (Lipinski definition) is 1. The molecule has 5 nitrogen and oxygen atoms in total. The molecule has 114 valence electrons. The second-order valence-corrected chi connectivity index (χ2v) is 5.33. The van der Waals surface area contributed by atoms with Gasteiger partial charge < -0.3 is 14.6 Å². The van der Waals surface area contributed by atoms with E-state index in [-0.39, 0.29) is 5.92 Å². The zero-order chi connectivity index (χ0) is 15.4. The maximum atomic E-state index is 5.97. The zero-order valence-electron chi connectivity index (χ0n) is 12.7. The highest BCUT2D eigenvalue weighted by atomic mass is 35.5. The van der Waals surface area contributed by atoms with Crippen molar-refractivity contribution in [3.63, 3.8) is 0 Å². The summed E-state index contributed by atoms with van der Waals surface area (Å²) in [5.74, 6) is 1.89. The first-order valence-electron chi connectivity index (χ1n) is 6.95. The van der Waals surface area contributed by atoms with E-state index in [1.54, 1.807) is 19.2 Å². The molecule has 2 unspecified atom stereocenters. The van der Waals surface area contributed by atoms with Crippen LogP contribution in [0.2, 0.25) is 5.02 Å². The Morgan fingerprint density at radius 3 is 2.81 bits per heavy atom. The average Bonchev–Trinajstić information content (AvgIpc) is 2.97. The van der Waals surface area contributed by atoms with Crippen LogP contribution in [0.3, 0.4) is 0 Å². The molecular weight excluding hydrogens is 290 g/mol. The molecule has 0 saturated carbocycles. The largest absolute Gasteiger partial charge is 0.496 e. The highest BCUT2D eigenvalue weighted by Gasteiger charge is 2.23. The lowest BCUT2D eigenvalue weighted by atomic mass is 10.00. The monoisotopic (exact) mass is 309 g/mol. The molecule has 2 aromatic rings. The quantitative estimate of drug-likeness (QED) is 0.885. The van der Waals surface area contributed by atoms with Gasteiger partial charge in [-0.1, -0.05) is 30.6 Å². The Hall–Kier alpha value is -1.59. The summed E-state index contributed by atoms with van der Waals surface area (Å²) >= 11 is 5.97. The lowest BCUT2D eigenvalue weighted by Crippen LogP contribution is -2.30. The summed E-state index contributed by atoms with van der Waals surface area (Å²) in [6, 6.07) is 5.64. The number of methoxy groups -OCH3 is 1. The van der Waals surface area contributed by atoms with Crippen molar-refractivity contribution in [2.75, 3.05) is 14.2 Å². The first-order chi connectivity index (χ1) is 10.1. The molecule has 1 aromatic heterocycles. The van der Waals surface area contributed by atoms with Crippen molar-refractivity contribution < 1.29 is 9.26 Å². The van der Waals surface area contributed by atoms with Crippen molar-refractivity contribution >= 4 is 11.6 Å². The number of nitrogens with zero attached hydrogens (tertiary/aromatic N) is 2. The maximum Gasteiger partial charge on any atom is 0.231 e. The third-order valence-electron chi connectivity index (χ3n) is 3.65. The van der Waals surface area contributed by atoms with E-state index >= 15 is 0 Å². The lowest BCUT2D eigenvalue weighted by molar-refractivity contribution is 0.326. The van der Waals surface area contributed by atoms with Crippen LogP contribution in [0.5, 0.6) is 5.75 Å². The van der Waals surface area contributed by atoms with Gasteiger partial charge in [0.1, 0.15) is 5.75 Å². The Bertz CT molecular complexity index is 596. The van der Waals surface area contributed by atoms with Gasteiger partial charge in [0.2, 0.25) is 11.7 Å². The molecule has 0 saturated heterocycles. The standard InChI is InChI=1S/C15H20ClN3O2/c1-5-12(17-3)9(2)15-18-14(19-21-15)11-7-6-10(16)8-13(11)20-4/h6-9,12,17H,5H2,1-4H3. The summed E-state index contributed by atoms with van der Waals surface area (Å²) in [4.78, 5) is 4.49. The fourth-order valence-electron chi connectivity index (χ4n) is 2.36. The van der Waals surface area contributed by atoms with Gasteiger partial charge in [-0.05, 0) is 31.7 Å². The SMILES string of the molecule is CCC(NC)C(C)c1nc(-c2ccc(Cl)cc2OC)no1. The molecule has 0 aliphatic carbocycles. The van der Waals surface area contributed by atoms with Crippen molar-refractivity contribution in [3.05, 3.63) is 29.1 Å². The Balaban J connectivity index is 2.32. The maximum absolute atomic E-state index is 5.97. The van der Waals surface area contributed by atoms with Crippen LogP contribution in [0.25, 0.3) is 11.4 Å². The third kappa shape index (κ3) is 3.36. The van der Waals surface area contributed by atoms with E-state index in [1.807, 2.05) is 13.1 Å². The number of ether oxygens (including phenoxy) is 1. The molecule has 1 aromatic carbocycles. The van der Waals surface area contributed by atoms with Crippen molar-refractivity contribution in [2.24, 2.45) is 0 Å². The van der Waals surface area contributed by atoms with E-state index in [1.165, 1.54) is 0 Å². The number of hydrogen-bond acceptors (Lipinski definition) is 5. The molecule has 6 heteroatoms. The predicted molar refractivity (Wildman–Crippen MR) is 82.8 cm³/mol. The molecule has 0 fully saturated rings. The van der Waals surface area contributed by atoms with Crippen LogP contribution in [0.1, 0.15) is 32.1 Å². The van der Waals surface area contributed by atoms with E-state index in [9.17, 15) is 0 Å². The fraction of sp³-hybridized carbons (Fsp3) is 0.467. The predicted octanol–water partition coefficient (Wildman–Crippen LogP) is 3.50. The first-order valence-corrected chi connectivity index (χ1v) is 7.33. The van der Waals surface area contributed by atoms with E-state index in [0.717, 1.165) is 12.0 Å². The Kier molecular flexibility index (Phi) is 5.20. The lowest BCUT2D eigenvalue weighted by Gasteiger charge is -2.18. The van der Waals surface area contributed by atoms with Gasteiger partial charge in [0, 0.05) is 11.1 Å². The van der Waals surface area contributed by atoms with Crippen LogP contribution in [-0.2, 0) is 0 Å². The minimum absolute atomic E-state index is 0.138. The topological polar surface area (TPSA) is 60.2 Å².